The van der Waals surface area contributed by atoms with Crippen molar-refractivity contribution in [2.24, 2.45) is 0 Å². The molecule has 0 radical (unpaired) electrons. The fraction of sp³-hybridized carbons (Fsp3) is 0. The van der Waals surface area contributed by atoms with Crippen molar-refractivity contribution >= 4 is 12.2 Å². The maximum absolute atomic E-state index is 9.77. The minimum Gasteiger partial charge on any atom is -0.507 e. The number of phenolic OH excluding ortho intramolecular Hbond substituents is 1. The molecule has 0 fully saturated rings. The molecule has 2 N–H and O–H groups in total. The molecule has 0 saturated heterocycles. The summed E-state index contributed by atoms with van der Waals surface area (Å²) in [6.07, 6.45) is 3.81. The van der Waals surface area contributed by atoms with E-state index in [-0.39, 0.29) is 5.75 Å². The summed E-state index contributed by atoms with van der Waals surface area (Å²) >= 11 is 0. The van der Waals surface area contributed by atoms with E-state index >= 15 is 0 Å². The highest BCUT2D eigenvalue weighted by molar-refractivity contribution is 5.68. The molecule has 20 heavy (non-hydrogen) atoms. The Balaban J connectivity index is 1.85. The number of nitrogens with zero attached hydrogens (tertiary/aromatic N) is 2. The zero-order chi connectivity index (χ0) is 13.8. The lowest BCUT2D eigenvalue weighted by Crippen LogP contribution is -1.81. The van der Waals surface area contributed by atoms with Crippen LogP contribution < -0.4 is 0 Å². The molecule has 0 spiro atoms. The van der Waals surface area contributed by atoms with E-state index in [4.69, 9.17) is 0 Å². The first kappa shape index (κ1) is 12.2. The quantitative estimate of drug-likeness (QED) is 0.761. The molecule has 0 aliphatic rings. The van der Waals surface area contributed by atoms with Crippen LogP contribution in [0.2, 0.25) is 0 Å². The molecule has 0 amide bonds. The van der Waals surface area contributed by atoms with Crippen molar-refractivity contribution in [1.29, 1.82) is 0 Å². The number of rotatable bonds is 3. The standard InChI is InChI=1S/C16H13N3O/c20-14-9-5-4-8-13(14)16-17-15(18-19-16)11-10-12-6-2-1-3-7-12/h1-11,20H,(H,17,18,19)/b11-10+. The molecule has 1 aromatic heterocycles. The Morgan fingerprint density at radius 2 is 1.65 bits per heavy atom. The molecule has 0 saturated carbocycles. The van der Waals surface area contributed by atoms with Crippen molar-refractivity contribution in [2.75, 3.05) is 0 Å². The number of hydrogen-bond acceptors (Lipinski definition) is 3. The van der Waals surface area contributed by atoms with Gasteiger partial charge in [0.05, 0.1) is 5.56 Å². The second-order valence-corrected chi connectivity index (χ2v) is 4.31. The van der Waals surface area contributed by atoms with E-state index in [1.54, 1.807) is 18.2 Å². The van der Waals surface area contributed by atoms with Gasteiger partial charge in [0.1, 0.15) is 11.6 Å². The molecule has 0 aliphatic carbocycles. The Kier molecular flexibility index (Phi) is 3.29. The zero-order valence-corrected chi connectivity index (χ0v) is 10.7. The monoisotopic (exact) mass is 263 g/mol. The van der Waals surface area contributed by atoms with Gasteiger partial charge in [-0.05, 0) is 23.8 Å². The molecule has 98 valence electrons. The summed E-state index contributed by atoms with van der Waals surface area (Å²) in [5, 5.41) is 16.7. The van der Waals surface area contributed by atoms with Gasteiger partial charge < -0.3 is 5.11 Å². The van der Waals surface area contributed by atoms with Gasteiger partial charge in [-0.3, -0.25) is 5.10 Å². The van der Waals surface area contributed by atoms with E-state index < -0.39 is 0 Å². The predicted molar refractivity (Wildman–Crippen MR) is 78.9 cm³/mol. The maximum atomic E-state index is 9.77. The van der Waals surface area contributed by atoms with Crippen molar-refractivity contribution in [3.8, 4) is 17.1 Å². The summed E-state index contributed by atoms with van der Waals surface area (Å²) in [6, 6.07) is 17.0. The van der Waals surface area contributed by atoms with Crippen LogP contribution in [0.3, 0.4) is 0 Å². The molecule has 0 bridgehead atoms. The van der Waals surface area contributed by atoms with E-state index in [0.717, 1.165) is 5.56 Å². The van der Waals surface area contributed by atoms with Gasteiger partial charge in [-0.1, -0.05) is 48.5 Å². The molecule has 3 aromatic rings. The summed E-state index contributed by atoms with van der Waals surface area (Å²) in [5.41, 5.74) is 1.70. The molecule has 0 aliphatic heterocycles. The lowest BCUT2D eigenvalue weighted by atomic mass is 10.2. The lowest BCUT2D eigenvalue weighted by molar-refractivity contribution is 0.477. The van der Waals surface area contributed by atoms with Crippen molar-refractivity contribution < 1.29 is 5.11 Å². The summed E-state index contributed by atoms with van der Waals surface area (Å²) in [4.78, 5) is 4.34. The van der Waals surface area contributed by atoms with E-state index in [1.807, 2.05) is 48.6 Å². The molecule has 4 nitrogen and oxygen atoms in total. The summed E-state index contributed by atoms with van der Waals surface area (Å²) in [6.45, 7) is 0. The molecule has 0 unspecified atom stereocenters. The Bertz CT molecular complexity index is 732. The Morgan fingerprint density at radius 1 is 0.900 bits per heavy atom. The number of hydrogen-bond donors (Lipinski definition) is 2. The minimum atomic E-state index is 0.171. The van der Waals surface area contributed by atoms with E-state index in [2.05, 4.69) is 15.2 Å². The molecule has 1 heterocycles. The third-order valence-corrected chi connectivity index (χ3v) is 2.88. The zero-order valence-electron chi connectivity index (χ0n) is 10.7. The predicted octanol–water partition coefficient (Wildman–Crippen LogP) is 3.35. The maximum Gasteiger partial charge on any atom is 0.185 e. The van der Waals surface area contributed by atoms with Crippen LogP contribution in [0, 0.1) is 0 Å². The van der Waals surface area contributed by atoms with Crippen molar-refractivity contribution in [3.05, 3.63) is 66.0 Å². The first-order valence-corrected chi connectivity index (χ1v) is 6.27. The van der Waals surface area contributed by atoms with Gasteiger partial charge in [0, 0.05) is 0 Å². The van der Waals surface area contributed by atoms with Crippen LogP contribution in [0.5, 0.6) is 5.75 Å². The average Bonchev–Trinajstić information content (AvgIpc) is 2.95. The van der Waals surface area contributed by atoms with Gasteiger partial charge in [-0.2, -0.15) is 5.10 Å². The fourth-order valence-corrected chi connectivity index (χ4v) is 1.87. The van der Waals surface area contributed by atoms with Crippen LogP contribution in [-0.4, -0.2) is 20.3 Å². The van der Waals surface area contributed by atoms with Crippen molar-refractivity contribution in [3.63, 3.8) is 0 Å². The number of aromatic amines is 1. The van der Waals surface area contributed by atoms with Crippen LogP contribution >= 0.6 is 0 Å². The number of benzene rings is 2. The first-order chi connectivity index (χ1) is 9.83. The van der Waals surface area contributed by atoms with Gasteiger partial charge in [0.15, 0.2) is 5.82 Å². The normalized spacial score (nSPS) is 11.0. The number of aromatic nitrogens is 3. The van der Waals surface area contributed by atoms with E-state index in [0.29, 0.717) is 17.2 Å². The molecule has 2 aromatic carbocycles. The van der Waals surface area contributed by atoms with E-state index in [9.17, 15) is 5.11 Å². The Morgan fingerprint density at radius 3 is 2.45 bits per heavy atom. The molecule has 3 rings (SSSR count). The second kappa shape index (κ2) is 5.40. The number of para-hydroxylation sites is 1. The summed E-state index contributed by atoms with van der Waals surface area (Å²) in [7, 11) is 0. The van der Waals surface area contributed by atoms with Crippen LogP contribution in [-0.2, 0) is 0 Å². The highest BCUT2D eigenvalue weighted by Gasteiger charge is 2.08. The number of phenols is 1. The fourth-order valence-electron chi connectivity index (χ4n) is 1.87. The number of aromatic hydroxyl groups is 1. The highest BCUT2D eigenvalue weighted by Crippen LogP contribution is 2.25. The molecule has 4 heteroatoms. The topological polar surface area (TPSA) is 61.8 Å². The molecule has 0 atom stereocenters. The average molecular weight is 263 g/mol. The molecular formula is C16H13N3O. The Hall–Kier alpha value is -2.88. The summed E-state index contributed by atoms with van der Waals surface area (Å²) < 4.78 is 0. The number of nitrogens with one attached hydrogen (secondary N) is 1. The van der Waals surface area contributed by atoms with Gasteiger partial charge in [-0.25, -0.2) is 4.98 Å². The van der Waals surface area contributed by atoms with Gasteiger partial charge in [0.2, 0.25) is 0 Å². The Labute approximate surface area is 116 Å². The second-order valence-electron chi connectivity index (χ2n) is 4.31. The van der Waals surface area contributed by atoms with Crippen LogP contribution in [0.1, 0.15) is 11.4 Å². The first-order valence-electron chi connectivity index (χ1n) is 6.27. The summed E-state index contributed by atoms with van der Waals surface area (Å²) in [5.74, 6) is 1.30. The van der Waals surface area contributed by atoms with Gasteiger partial charge in [-0.15, -0.1) is 0 Å². The highest BCUT2D eigenvalue weighted by atomic mass is 16.3. The van der Waals surface area contributed by atoms with Crippen molar-refractivity contribution in [2.45, 2.75) is 0 Å². The third-order valence-electron chi connectivity index (χ3n) is 2.88. The van der Waals surface area contributed by atoms with Gasteiger partial charge >= 0.3 is 0 Å². The van der Waals surface area contributed by atoms with Crippen LogP contribution in [0.4, 0.5) is 0 Å². The minimum absolute atomic E-state index is 0.171. The van der Waals surface area contributed by atoms with Crippen LogP contribution in [0.15, 0.2) is 54.6 Å². The van der Waals surface area contributed by atoms with Crippen LogP contribution in [0.25, 0.3) is 23.5 Å². The largest absolute Gasteiger partial charge is 0.507 e. The number of H-pyrrole nitrogens is 1. The van der Waals surface area contributed by atoms with Gasteiger partial charge in [0.25, 0.3) is 0 Å². The lowest BCUT2D eigenvalue weighted by Gasteiger charge is -1.97. The third kappa shape index (κ3) is 2.59. The van der Waals surface area contributed by atoms with E-state index in [1.165, 1.54) is 0 Å². The smallest absolute Gasteiger partial charge is 0.185 e. The SMILES string of the molecule is Oc1ccccc1-c1n[nH]c(/C=C/c2ccccc2)n1. The van der Waals surface area contributed by atoms with Crippen molar-refractivity contribution in [1.82, 2.24) is 15.2 Å². The molecular weight excluding hydrogens is 250 g/mol.